The molecule has 122 valence electrons. The first-order chi connectivity index (χ1) is 8.84. The van der Waals surface area contributed by atoms with Crippen molar-refractivity contribution in [1.29, 1.82) is 0 Å². The lowest BCUT2D eigenvalue weighted by atomic mass is 10.2. The van der Waals surface area contributed by atoms with Gasteiger partial charge in [-0.25, -0.2) is 0 Å². The van der Waals surface area contributed by atoms with Crippen molar-refractivity contribution >= 4 is 30.7 Å². The number of alkyl halides is 3. The molecule has 1 atom stereocenters. The molecule has 1 heterocycles. The normalized spacial score (nSPS) is 11.9. The quantitative estimate of drug-likeness (QED) is 0.860. The molecule has 0 saturated heterocycles. The Hall–Kier alpha value is -1.05. The predicted octanol–water partition coefficient (Wildman–Crippen LogP) is 2.67. The van der Waals surface area contributed by atoms with E-state index in [9.17, 15) is 18.0 Å². The van der Waals surface area contributed by atoms with Crippen LogP contribution in [0.15, 0.2) is 18.3 Å². The fourth-order valence-electron chi connectivity index (χ4n) is 1.46. The van der Waals surface area contributed by atoms with Crippen LogP contribution in [0.1, 0.15) is 29.9 Å². The number of likely N-dealkylation sites (N-methyl/N-ethyl adjacent to an activating group) is 1. The first-order valence-corrected chi connectivity index (χ1v) is 5.89. The van der Waals surface area contributed by atoms with Crippen LogP contribution < -0.4 is 10.6 Å². The lowest BCUT2D eigenvalue weighted by molar-refractivity contribution is -0.141. The molecule has 21 heavy (non-hydrogen) atoms. The van der Waals surface area contributed by atoms with E-state index in [0.29, 0.717) is 6.54 Å². The average molecular weight is 348 g/mol. The van der Waals surface area contributed by atoms with Crippen molar-refractivity contribution in [2.45, 2.75) is 26.1 Å². The summed E-state index contributed by atoms with van der Waals surface area (Å²) < 4.78 is 36.9. The Morgan fingerprint density at radius 2 is 1.95 bits per heavy atom. The third kappa shape index (κ3) is 7.50. The monoisotopic (exact) mass is 347 g/mol. The number of carbonyl (C=O) groups excluding carboxylic acids is 1. The van der Waals surface area contributed by atoms with Crippen molar-refractivity contribution in [3.05, 3.63) is 29.6 Å². The molecule has 0 aliphatic heterocycles. The summed E-state index contributed by atoms with van der Waals surface area (Å²) in [7, 11) is 0. The second kappa shape index (κ2) is 9.81. The first kappa shape index (κ1) is 22.2. The van der Waals surface area contributed by atoms with Crippen LogP contribution in [-0.4, -0.2) is 30.0 Å². The average Bonchev–Trinajstić information content (AvgIpc) is 2.35. The van der Waals surface area contributed by atoms with Crippen LogP contribution >= 0.6 is 24.8 Å². The van der Waals surface area contributed by atoms with Gasteiger partial charge in [0.1, 0.15) is 5.69 Å². The van der Waals surface area contributed by atoms with Crippen LogP contribution in [0.5, 0.6) is 0 Å². The molecule has 0 fully saturated rings. The summed E-state index contributed by atoms with van der Waals surface area (Å²) in [6.45, 7) is 5.01. The van der Waals surface area contributed by atoms with Gasteiger partial charge in [0.25, 0.3) is 5.91 Å². The number of halogens is 5. The van der Waals surface area contributed by atoms with Gasteiger partial charge in [0.2, 0.25) is 0 Å². The van der Waals surface area contributed by atoms with Crippen LogP contribution in [0.4, 0.5) is 13.2 Å². The lowest BCUT2D eigenvalue weighted by Crippen LogP contribution is -2.38. The Morgan fingerprint density at radius 3 is 2.38 bits per heavy atom. The fraction of sp³-hybridized carbons (Fsp3) is 0.500. The highest BCUT2D eigenvalue weighted by atomic mass is 35.5. The number of pyridine rings is 1. The maximum absolute atomic E-state index is 12.3. The van der Waals surface area contributed by atoms with Crippen molar-refractivity contribution in [3.63, 3.8) is 0 Å². The van der Waals surface area contributed by atoms with Gasteiger partial charge >= 0.3 is 6.18 Å². The summed E-state index contributed by atoms with van der Waals surface area (Å²) in [5.74, 6) is -0.439. The van der Waals surface area contributed by atoms with E-state index in [1.807, 2.05) is 13.8 Å². The number of carbonyl (C=O) groups is 1. The first-order valence-electron chi connectivity index (χ1n) is 5.89. The molecular weight excluding hydrogens is 330 g/mol. The van der Waals surface area contributed by atoms with Gasteiger partial charge in [-0.05, 0) is 25.6 Å². The molecular formula is C12H18Cl2F3N3O. The van der Waals surface area contributed by atoms with Gasteiger partial charge in [-0.15, -0.1) is 24.8 Å². The van der Waals surface area contributed by atoms with Crippen LogP contribution in [0.25, 0.3) is 0 Å². The summed E-state index contributed by atoms with van der Waals surface area (Å²) in [6.07, 6.45) is -3.56. The van der Waals surface area contributed by atoms with E-state index in [0.717, 1.165) is 24.9 Å². The highest BCUT2D eigenvalue weighted by molar-refractivity contribution is 5.93. The molecule has 0 aromatic carbocycles. The minimum atomic E-state index is -4.49. The minimum absolute atomic E-state index is 0. The Labute approximate surface area is 133 Å². The number of nitrogens with zero attached hydrogens (tertiary/aromatic N) is 1. The summed E-state index contributed by atoms with van der Waals surface area (Å²) >= 11 is 0. The van der Waals surface area contributed by atoms with Crippen molar-refractivity contribution in [2.24, 2.45) is 0 Å². The third-order valence-electron chi connectivity index (χ3n) is 2.44. The SMILES string of the molecule is CCN[C@H](C)CNC(=O)c1ccc(C(F)(F)F)nc1.Cl.Cl. The minimum Gasteiger partial charge on any atom is -0.350 e. The largest absolute Gasteiger partial charge is 0.433 e. The zero-order valence-corrected chi connectivity index (χ0v) is 13.2. The number of hydrogen-bond donors (Lipinski definition) is 2. The highest BCUT2D eigenvalue weighted by Crippen LogP contribution is 2.27. The van der Waals surface area contributed by atoms with E-state index in [1.165, 1.54) is 0 Å². The molecule has 1 aromatic heterocycles. The molecule has 0 spiro atoms. The van der Waals surface area contributed by atoms with Crippen LogP contribution in [0.3, 0.4) is 0 Å². The number of rotatable bonds is 5. The van der Waals surface area contributed by atoms with Gasteiger partial charge in [-0.1, -0.05) is 6.92 Å². The van der Waals surface area contributed by atoms with E-state index >= 15 is 0 Å². The Kier molecular flexibility index (Phi) is 10.4. The Morgan fingerprint density at radius 1 is 1.33 bits per heavy atom. The van der Waals surface area contributed by atoms with Crippen molar-refractivity contribution in [1.82, 2.24) is 15.6 Å². The van der Waals surface area contributed by atoms with Gasteiger partial charge in [0, 0.05) is 18.8 Å². The second-order valence-corrected chi connectivity index (χ2v) is 4.10. The van der Waals surface area contributed by atoms with Crippen LogP contribution in [-0.2, 0) is 6.18 Å². The number of nitrogens with one attached hydrogen (secondary N) is 2. The molecule has 0 aliphatic carbocycles. The molecule has 0 unspecified atom stereocenters. The second-order valence-electron chi connectivity index (χ2n) is 4.10. The van der Waals surface area contributed by atoms with E-state index < -0.39 is 17.8 Å². The lowest BCUT2D eigenvalue weighted by Gasteiger charge is -2.13. The summed E-state index contributed by atoms with van der Waals surface area (Å²) in [5, 5.41) is 5.72. The van der Waals surface area contributed by atoms with E-state index in [-0.39, 0.29) is 36.4 Å². The smallest absolute Gasteiger partial charge is 0.350 e. The molecule has 0 saturated carbocycles. The molecule has 9 heteroatoms. The fourth-order valence-corrected chi connectivity index (χ4v) is 1.46. The zero-order chi connectivity index (χ0) is 14.5. The molecule has 1 rings (SSSR count). The standard InChI is InChI=1S/C12H16F3N3O.2ClH/c1-3-16-8(2)6-18-11(19)9-4-5-10(17-7-9)12(13,14)15;;/h4-5,7-8,16H,3,6H2,1-2H3,(H,18,19);2*1H/t8-;;/m1../s1. The Bertz CT molecular complexity index is 427. The summed E-state index contributed by atoms with van der Waals surface area (Å²) in [4.78, 5) is 14.9. The third-order valence-corrected chi connectivity index (χ3v) is 2.44. The molecule has 2 N–H and O–H groups in total. The van der Waals surface area contributed by atoms with Gasteiger partial charge < -0.3 is 10.6 Å². The number of hydrogen-bond acceptors (Lipinski definition) is 3. The van der Waals surface area contributed by atoms with E-state index in [4.69, 9.17) is 0 Å². The van der Waals surface area contributed by atoms with Crippen LogP contribution in [0, 0.1) is 0 Å². The molecule has 4 nitrogen and oxygen atoms in total. The summed E-state index contributed by atoms with van der Waals surface area (Å²) in [6, 6.07) is 2.00. The predicted molar refractivity (Wildman–Crippen MR) is 79.2 cm³/mol. The molecule has 1 amide bonds. The number of amides is 1. The van der Waals surface area contributed by atoms with E-state index in [1.54, 1.807) is 0 Å². The maximum atomic E-state index is 12.3. The van der Waals surface area contributed by atoms with Gasteiger partial charge in [-0.2, -0.15) is 13.2 Å². The molecule has 1 aromatic rings. The zero-order valence-electron chi connectivity index (χ0n) is 11.5. The van der Waals surface area contributed by atoms with Crippen molar-refractivity contribution in [2.75, 3.05) is 13.1 Å². The van der Waals surface area contributed by atoms with Crippen molar-refractivity contribution < 1.29 is 18.0 Å². The van der Waals surface area contributed by atoms with E-state index in [2.05, 4.69) is 15.6 Å². The molecule has 0 bridgehead atoms. The van der Waals surface area contributed by atoms with Crippen molar-refractivity contribution in [3.8, 4) is 0 Å². The highest BCUT2D eigenvalue weighted by Gasteiger charge is 2.32. The molecule has 0 aliphatic rings. The van der Waals surface area contributed by atoms with Gasteiger partial charge in [-0.3, -0.25) is 9.78 Å². The van der Waals surface area contributed by atoms with Gasteiger partial charge in [0.05, 0.1) is 5.56 Å². The van der Waals surface area contributed by atoms with Gasteiger partial charge in [0.15, 0.2) is 0 Å². The maximum Gasteiger partial charge on any atom is 0.433 e. The topological polar surface area (TPSA) is 54.0 Å². The number of aromatic nitrogens is 1. The molecule has 0 radical (unpaired) electrons. The summed E-state index contributed by atoms with van der Waals surface area (Å²) in [5.41, 5.74) is -0.901. The van der Waals surface area contributed by atoms with Crippen LogP contribution in [0.2, 0.25) is 0 Å². The Balaban J connectivity index is 0.